The third-order valence-electron chi connectivity index (χ3n) is 7.57. The van der Waals surface area contributed by atoms with Crippen LogP contribution < -0.4 is 19.5 Å². The topological polar surface area (TPSA) is 103 Å². The van der Waals surface area contributed by atoms with Crippen molar-refractivity contribution in [3.8, 4) is 23.0 Å². The highest BCUT2D eigenvalue weighted by Crippen LogP contribution is 2.48. The fraction of sp³-hybridized carbons (Fsp3) is 0.273. The van der Waals surface area contributed by atoms with E-state index in [9.17, 15) is 14.7 Å². The number of allylic oxidation sites excluding steroid dienone is 3. The lowest BCUT2D eigenvalue weighted by Crippen LogP contribution is -2.36. The second kappa shape index (κ2) is 12.6. The van der Waals surface area contributed by atoms with E-state index in [1.165, 1.54) is 7.11 Å². The van der Waals surface area contributed by atoms with E-state index in [2.05, 4.69) is 5.32 Å². The first-order chi connectivity index (χ1) is 20.3. The predicted octanol–water partition coefficient (Wildman–Crippen LogP) is 6.05. The van der Waals surface area contributed by atoms with Gasteiger partial charge >= 0.3 is 5.97 Å². The molecule has 3 aromatic carbocycles. The number of halogens is 1. The maximum absolute atomic E-state index is 13.9. The van der Waals surface area contributed by atoms with Crippen LogP contribution in [-0.4, -0.2) is 44.3 Å². The molecule has 0 unspecified atom stereocenters. The molecule has 0 radical (unpaired) electrons. The van der Waals surface area contributed by atoms with Gasteiger partial charge in [0, 0.05) is 29.3 Å². The van der Waals surface area contributed by atoms with Crippen molar-refractivity contribution in [2.24, 2.45) is 0 Å². The summed E-state index contributed by atoms with van der Waals surface area (Å²) in [6.07, 6.45) is 0.829. The number of carbonyl (C=O) groups excluding carboxylic acids is 2. The number of nitrogens with one attached hydrogen (secondary N) is 1. The van der Waals surface area contributed by atoms with E-state index in [1.807, 2.05) is 54.6 Å². The molecule has 2 aliphatic rings. The molecule has 3 aromatic rings. The smallest absolute Gasteiger partial charge is 0.336 e. The molecule has 5 rings (SSSR count). The van der Waals surface area contributed by atoms with E-state index in [-0.39, 0.29) is 53.4 Å². The molecular formula is C33H32ClNO7. The van der Waals surface area contributed by atoms with Gasteiger partial charge in [0.25, 0.3) is 0 Å². The van der Waals surface area contributed by atoms with Gasteiger partial charge in [-0.15, -0.1) is 0 Å². The van der Waals surface area contributed by atoms with Crippen LogP contribution in [0.3, 0.4) is 0 Å². The number of aromatic hydroxyl groups is 1. The maximum atomic E-state index is 13.9. The van der Waals surface area contributed by atoms with Crippen molar-refractivity contribution in [3.05, 3.63) is 105 Å². The Hall–Kier alpha value is -4.43. The second-order valence-corrected chi connectivity index (χ2v) is 10.5. The average Bonchev–Trinajstić information content (AvgIpc) is 3.00. The lowest BCUT2D eigenvalue weighted by Gasteiger charge is -2.37. The van der Waals surface area contributed by atoms with E-state index in [0.717, 1.165) is 17.0 Å². The summed E-state index contributed by atoms with van der Waals surface area (Å²) >= 11 is 6.38. The number of hydrogen-bond donors (Lipinski definition) is 2. The summed E-state index contributed by atoms with van der Waals surface area (Å²) in [5.74, 6) is -0.177. The van der Waals surface area contributed by atoms with Crippen LogP contribution in [0.5, 0.6) is 23.0 Å². The highest BCUT2D eigenvalue weighted by molar-refractivity contribution is 6.32. The number of ether oxygens (including phenoxy) is 4. The van der Waals surface area contributed by atoms with Crippen LogP contribution in [0, 0.1) is 0 Å². The Morgan fingerprint density at radius 2 is 1.69 bits per heavy atom. The number of dihydropyridines is 1. The highest BCUT2D eigenvalue weighted by Gasteiger charge is 2.42. The number of esters is 1. The molecule has 2 atom stereocenters. The van der Waals surface area contributed by atoms with Gasteiger partial charge in [0.05, 0.1) is 24.8 Å². The number of para-hydroxylation sites is 1. The average molecular weight is 590 g/mol. The SMILES string of the molecule is COc1ccc([C@@H]2CC(=O)C3=C(C2)NC(C)=C(C(=O)OCCOc2ccccc2)[C@H]3c2cc(Cl)c(O)c(OC)c2)cc1. The molecule has 1 aliphatic heterocycles. The van der Waals surface area contributed by atoms with Crippen molar-refractivity contribution in [1.29, 1.82) is 0 Å². The summed E-state index contributed by atoms with van der Waals surface area (Å²) in [5, 5.41) is 13.8. The number of carbonyl (C=O) groups is 2. The maximum Gasteiger partial charge on any atom is 0.336 e. The fourth-order valence-corrected chi connectivity index (χ4v) is 5.78. The number of benzene rings is 3. The van der Waals surface area contributed by atoms with Crippen LogP contribution in [0.2, 0.25) is 5.02 Å². The quantitative estimate of drug-likeness (QED) is 0.230. The molecule has 0 saturated heterocycles. The Labute approximate surface area is 249 Å². The number of phenols is 1. The zero-order chi connectivity index (χ0) is 29.8. The predicted molar refractivity (Wildman–Crippen MR) is 158 cm³/mol. The largest absolute Gasteiger partial charge is 0.503 e. The van der Waals surface area contributed by atoms with Crippen molar-refractivity contribution in [2.75, 3.05) is 27.4 Å². The third kappa shape index (κ3) is 5.94. The number of methoxy groups -OCH3 is 2. The van der Waals surface area contributed by atoms with Gasteiger partial charge in [-0.05, 0) is 66.8 Å². The van der Waals surface area contributed by atoms with Gasteiger partial charge in [-0.25, -0.2) is 4.79 Å². The molecule has 0 aromatic heterocycles. The van der Waals surface area contributed by atoms with Crippen molar-refractivity contribution < 1.29 is 33.6 Å². The van der Waals surface area contributed by atoms with Gasteiger partial charge < -0.3 is 29.4 Å². The summed E-state index contributed by atoms with van der Waals surface area (Å²) in [6, 6.07) is 20.1. The Morgan fingerprint density at radius 3 is 2.38 bits per heavy atom. The molecule has 1 heterocycles. The molecule has 1 aliphatic carbocycles. The second-order valence-electron chi connectivity index (χ2n) is 10.1. The molecule has 8 nitrogen and oxygen atoms in total. The molecule has 9 heteroatoms. The Morgan fingerprint density at radius 1 is 0.952 bits per heavy atom. The molecule has 2 N–H and O–H groups in total. The Balaban J connectivity index is 1.47. The molecule has 0 amide bonds. The van der Waals surface area contributed by atoms with E-state index in [0.29, 0.717) is 29.0 Å². The minimum Gasteiger partial charge on any atom is -0.503 e. The normalized spacial score (nSPS) is 18.2. The van der Waals surface area contributed by atoms with Gasteiger partial charge in [0.2, 0.25) is 0 Å². The first-order valence-electron chi connectivity index (χ1n) is 13.6. The van der Waals surface area contributed by atoms with E-state index in [4.69, 9.17) is 30.5 Å². The summed E-state index contributed by atoms with van der Waals surface area (Å²) in [5.41, 5.74) is 3.62. The molecular weight excluding hydrogens is 558 g/mol. The monoisotopic (exact) mass is 589 g/mol. The van der Waals surface area contributed by atoms with Gasteiger partial charge in [0.15, 0.2) is 17.3 Å². The lowest BCUT2D eigenvalue weighted by atomic mass is 9.71. The first kappa shape index (κ1) is 29.1. The number of rotatable bonds is 9. The summed E-state index contributed by atoms with van der Waals surface area (Å²) in [4.78, 5) is 27.5. The Bertz CT molecular complexity index is 1550. The van der Waals surface area contributed by atoms with Gasteiger partial charge in [-0.1, -0.05) is 41.9 Å². The molecule has 218 valence electrons. The number of phenolic OH excluding ortho intramolecular Hbond substituents is 1. The summed E-state index contributed by atoms with van der Waals surface area (Å²) in [7, 11) is 3.03. The van der Waals surface area contributed by atoms with Crippen molar-refractivity contribution in [1.82, 2.24) is 5.32 Å². The fourth-order valence-electron chi connectivity index (χ4n) is 5.56. The zero-order valence-corrected chi connectivity index (χ0v) is 24.4. The van der Waals surface area contributed by atoms with Crippen LogP contribution >= 0.6 is 11.6 Å². The summed E-state index contributed by atoms with van der Waals surface area (Å²) in [6.45, 7) is 1.96. The van der Waals surface area contributed by atoms with Crippen LogP contribution in [0.25, 0.3) is 0 Å². The lowest BCUT2D eigenvalue weighted by molar-refractivity contribution is -0.140. The molecule has 0 fully saturated rings. The minimum atomic E-state index is -0.778. The number of hydrogen-bond acceptors (Lipinski definition) is 8. The number of ketones is 1. The molecule has 42 heavy (non-hydrogen) atoms. The van der Waals surface area contributed by atoms with Crippen molar-refractivity contribution in [2.45, 2.75) is 31.6 Å². The van der Waals surface area contributed by atoms with Gasteiger partial charge in [0.1, 0.15) is 24.7 Å². The Kier molecular flexibility index (Phi) is 8.73. The van der Waals surface area contributed by atoms with Crippen LogP contribution in [0.4, 0.5) is 0 Å². The van der Waals surface area contributed by atoms with Crippen molar-refractivity contribution >= 4 is 23.4 Å². The standard InChI is InChI=1S/C33H32ClNO7/c1-19-29(33(38)42-14-13-41-24-7-5-4-6-8-24)30(22-15-25(34)32(37)28(18-22)40-3)31-26(35-19)16-21(17-27(31)36)20-9-11-23(39-2)12-10-20/h4-12,15,18,21,30,35,37H,13-14,16-17H2,1-3H3/t21-,30+/m0/s1. The van der Waals surface area contributed by atoms with Gasteiger partial charge in [-0.3, -0.25) is 4.79 Å². The van der Waals surface area contributed by atoms with Crippen LogP contribution in [-0.2, 0) is 14.3 Å². The summed E-state index contributed by atoms with van der Waals surface area (Å²) < 4.78 is 21.9. The molecule has 0 spiro atoms. The highest BCUT2D eigenvalue weighted by atomic mass is 35.5. The van der Waals surface area contributed by atoms with Crippen molar-refractivity contribution in [3.63, 3.8) is 0 Å². The third-order valence-corrected chi connectivity index (χ3v) is 7.86. The minimum absolute atomic E-state index is 0.0102. The zero-order valence-electron chi connectivity index (χ0n) is 23.6. The van der Waals surface area contributed by atoms with Crippen LogP contribution in [0.15, 0.2) is 89.3 Å². The molecule has 0 saturated carbocycles. The molecule has 0 bridgehead atoms. The van der Waals surface area contributed by atoms with E-state index >= 15 is 0 Å². The van der Waals surface area contributed by atoms with E-state index in [1.54, 1.807) is 26.2 Å². The van der Waals surface area contributed by atoms with Crippen LogP contribution in [0.1, 0.15) is 42.7 Å². The van der Waals surface area contributed by atoms with Gasteiger partial charge in [-0.2, -0.15) is 0 Å². The van der Waals surface area contributed by atoms with E-state index < -0.39 is 11.9 Å². The first-order valence-corrected chi connectivity index (χ1v) is 14.0. The number of Topliss-reactive ketones (excluding diaryl/α,β-unsaturated/α-hetero) is 1.